The van der Waals surface area contributed by atoms with Crippen LogP contribution in [0.1, 0.15) is 58.9 Å². The van der Waals surface area contributed by atoms with Crippen LogP contribution in [0, 0.1) is 11.3 Å². The molecule has 2 unspecified atom stereocenters. The van der Waals surface area contributed by atoms with Crippen molar-refractivity contribution in [1.29, 1.82) is 0 Å². The summed E-state index contributed by atoms with van der Waals surface area (Å²) in [6.07, 6.45) is 9.98. The molecule has 1 fully saturated rings. The molecule has 1 aromatic rings. The summed E-state index contributed by atoms with van der Waals surface area (Å²) in [5.41, 5.74) is 0.521. The van der Waals surface area contributed by atoms with Gasteiger partial charge >= 0.3 is 0 Å². The fraction of sp³-hybridized carbons (Fsp3) is 0.846. The Balaban J connectivity index is 2.04. The lowest BCUT2D eigenvalue weighted by Crippen LogP contribution is -2.23. The summed E-state index contributed by atoms with van der Waals surface area (Å²) >= 11 is 0. The fourth-order valence-electron chi connectivity index (χ4n) is 3.17. The molecule has 16 heavy (non-hydrogen) atoms. The molecule has 1 aliphatic carbocycles. The minimum Gasteiger partial charge on any atom is -0.250 e. The molecule has 1 aromatic heterocycles. The lowest BCUT2D eigenvalue weighted by molar-refractivity contribution is 0.185. The molecule has 0 saturated heterocycles. The Hall–Kier alpha value is -0.860. The molecule has 0 amide bonds. The molecular weight excluding hydrogens is 198 g/mol. The summed E-state index contributed by atoms with van der Waals surface area (Å²) < 4.78 is 2.05. The van der Waals surface area contributed by atoms with Crippen molar-refractivity contribution in [2.75, 3.05) is 0 Å². The maximum Gasteiger partial charge on any atom is 0.137 e. The first-order valence-electron chi connectivity index (χ1n) is 6.41. The van der Waals surface area contributed by atoms with Gasteiger partial charge in [0, 0.05) is 0 Å². The van der Waals surface area contributed by atoms with E-state index in [0.29, 0.717) is 11.5 Å². The summed E-state index contributed by atoms with van der Waals surface area (Å²) in [6, 6.07) is 0.564. The molecule has 1 heterocycles. The Morgan fingerprint density at radius 2 is 2.19 bits per heavy atom. The average Bonchev–Trinajstić information content (AvgIpc) is 2.65. The minimum absolute atomic E-state index is 0.521. The number of hydrogen-bond acceptors (Lipinski definition) is 2. The zero-order valence-electron chi connectivity index (χ0n) is 10.7. The van der Waals surface area contributed by atoms with Gasteiger partial charge in [0.25, 0.3) is 0 Å². The standard InChI is InChI=1S/C13H23N3/c1-11-7-12(16-10-14-9-15-16)5-4-6-13(2,3)8-11/h9-12H,4-8H2,1-3H3. The van der Waals surface area contributed by atoms with Gasteiger partial charge in [-0.3, -0.25) is 0 Å². The Labute approximate surface area is 98.3 Å². The van der Waals surface area contributed by atoms with E-state index in [1.54, 1.807) is 6.33 Å². The van der Waals surface area contributed by atoms with Gasteiger partial charge in [-0.1, -0.05) is 27.2 Å². The predicted molar refractivity (Wildman–Crippen MR) is 65.1 cm³/mol. The van der Waals surface area contributed by atoms with Crippen molar-refractivity contribution in [2.45, 2.75) is 58.9 Å². The Kier molecular flexibility index (Phi) is 3.31. The molecule has 2 rings (SSSR count). The highest BCUT2D eigenvalue weighted by atomic mass is 15.3. The molecule has 90 valence electrons. The highest BCUT2D eigenvalue weighted by molar-refractivity contribution is 4.80. The van der Waals surface area contributed by atoms with E-state index in [0.717, 1.165) is 5.92 Å². The fourth-order valence-corrected chi connectivity index (χ4v) is 3.17. The van der Waals surface area contributed by atoms with Crippen LogP contribution in [0.15, 0.2) is 12.7 Å². The summed E-state index contributed by atoms with van der Waals surface area (Å²) in [5.74, 6) is 0.782. The zero-order valence-corrected chi connectivity index (χ0v) is 10.7. The van der Waals surface area contributed by atoms with Crippen LogP contribution in [-0.2, 0) is 0 Å². The van der Waals surface area contributed by atoms with E-state index in [4.69, 9.17) is 0 Å². The smallest absolute Gasteiger partial charge is 0.137 e. The predicted octanol–water partition coefficient (Wildman–Crippen LogP) is 3.45. The first kappa shape index (κ1) is 11.6. The molecule has 0 spiro atoms. The van der Waals surface area contributed by atoms with E-state index in [2.05, 4.69) is 35.5 Å². The van der Waals surface area contributed by atoms with Gasteiger partial charge in [-0.25, -0.2) is 9.67 Å². The van der Waals surface area contributed by atoms with Gasteiger partial charge in [0.1, 0.15) is 12.7 Å². The molecule has 2 atom stereocenters. The van der Waals surface area contributed by atoms with Crippen LogP contribution in [0.25, 0.3) is 0 Å². The molecule has 3 heteroatoms. The van der Waals surface area contributed by atoms with Crippen molar-refractivity contribution in [3.8, 4) is 0 Å². The number of nitrogens with zero attached hydrogens (tertiary/aromatic N) is 3. The van der Waals surface area contributed by atoms with Crippen molar-refractivity contribution < 1.29 is 0 Å². The highest BCUT2D eigenvalue weighted by Gasteiger charge is 2.27. The van der Waals surface area contributed by atoms with Crippen molar-refractivity contribution in [2.24, 2.45) is 11.3 Å². The normalized spacial score (nSPS) is 30.7. The maximum atomic E-state index is 4.29. The number of rotatable bonds is 1. The van der Waals surface area contributed by atoms with Gasteiger partial charge in [0.2, 0.25) is 0 Å². The summed E-state index contributed by atoms with van der Waals surface area (Å²) in [7, 11) is 0. The van der Waals surface area contributed by atoms with Crippen LogP contribution >= 0.6 is 0 Å². The highest BCUT2D eigenvalue weighted by Crippen LogP contribution is 2.38. The molecule has 1 aliphatic rings. The second kappa shape index (κ2) is 4.56. The monoisotopic (exact) mass is 221 g/mol. The summed E-state index contributed by atoms with van der Waals surface area (Å²) in [6.45, 7) is 7.18. The van der Waals surface area contributed by atoms with Gasteiger partial charge < -0.3 is 0 Å². The van der Waals surface area contributed by atoms with Crippen LogP contribution < -0.4 is 0 Å². The van der Waals surface area contributed by atoms with Gasteiger partial charge in [0.15, 0.2) is 0 Å². The molecule has 0 aromatic carbocycles. The van der Waals surface area contributed by atoms with E-state index in [-0.39, 0.29) is 0 Å². The van der Waals surface area contributed by atoms with Crippen LogP contribution in [-0.4, -0.2) is 14.8 Å². The molecular formula is C13H23N3. The Morgan fingerprint density at radius 1 is 1.38 bits per heavy atom. The summed E-state index contributed by atoms with van der Waals surface area (Å²) in [5, 5.41) is 4.29. The van der Waals surface area contributed by atoms with Crippen LogP contribution in [0.4, 0.5) is 0 Å². The van der Waals surface area contributed by atoms with Crippen molar-refractivity contribution in [1.82, 2.24) is 14.8 Å². The second-order valence-corrected chi connectivity index (χ2v) is 6.13. The van der Waals surface area contributed by atoms with Gasteiger partial charge in [-0.2, -0.15) is 5.10 Å². The number of hydrogen-bond donors (Lipinski definition) is 0. The van der Waals surface area contributed by atoms with E-state index >= 15 is 0 Å². The first-order valence-corrected chi connectivity index (χ1v) is 6.41. The summed E-state index contributed by atoms with van der Waals surface area (Å²) in [4.78, 5) is 4.06. The maximum absolute atomic E-state index is 4.29. The molecule has 0 N–H and O–H groups in total. The third kappa shape index (κ3) is 2.83. The third-order valence-corrected chi connectivity index (χ3v) is 3.78. The van der Waals surface area contributed by atoms with Crippen LogP contribution in [0.2, 0.25) is 0 Å². The topological polar surface area (TPSA) is 30.7 Å². The molecule has 3 nitrogen and oxygen atoms in total. The minimum atomic E-state index is 0.521. The van der Waals surface area contributed by atoms with Gasteiger partial charge in [-0.05, 0) is 37.0 Å². The second-order valence-electron chi connectivity index (χ2n) is 6.13. The molecule has 0 bridgehead atoms. The van der Waals surface area contributed by atoms with E-state index in [1.165, 1.54) is 32.1 Å². The van der Waals surface area contributed by atoms with Gasteiger partial charge in [0.05, 0.1) is 6.04 Å². The van der Waals surface area contributed by atoms with E-state index in [9.17, 15) is 0 Å². The first-order chi connectivity index (χ1) is 7.57. The zero-order chi connectivity index (χ0) is 11.6. The van der Waals surface area contributed by atoms with Crippen molar-refractivity contribution >= 4 is 0 Å². The quantitative estimate of drug-likeness (QED) is 0.727. The molecule has 0 radical (unpaired) electrons. The van der Waals surface area contributed by atoms with E-state index < -0.39 is 0 Å². The third-order valence-electron chi connectivity index (χ3n) is 3.78. The average molecular weight is 221 g/mol. The molecule has 0 aliphatic heterocycles. The Bertz CT molecular complexity index is 316. The lowest BCUT2D eigenvalue weighted by Gasteiger charge is -2.33. The number of aromatic nitrogens is 3. The van der Waals surface area contributed by atoms with Crippen LogP contribution in [0.5, 0.6) is 0 Å². The van der Waals surface area contributed by atoms with Gasteiger partial charge in [-0.15, -0.1) is 0 Å². The van der Waals surface area contributed by atoms with Crippen molar-refractivity contribution in [3.05, 3.63) is 12.7 Å². The van der Waals surface area contributed by atoms with Crippen LogP contribution in [0.3, 0.4) is 0 Å². The van der Waals surface area contributed by atoms with E-state index in [1.807, 2.05) is 6.33 Å². The lowest BCUT2D eigenvalue weighted by atomic mass is 9.75. The largest absolute Gasteiger partial charge is 0.250 e. The van der Waals surface area contributed by atoms with Crippen molar-refractivity contribution in [3.63, 3.8) is 0 Å². The SMILES string of the molecule is CC1CC(n2cncn2)CCCC(C)(C)C1. The molecule has 1 saturated carbocycles. The Morgan fingerprint density at radius 3 is 2.88 bits per heavy atom.